The third-order valence-electron chi connectivity index (χ3n) is 0. The van der Waals surface area contributed by atoms with Crippen LogP contribution < -0.4 is 92.8 Å². The quantitative estimate of drug-likeness (QED) is 0.248. The second-order valence-corrected chi connectivity index (χ2v) is 1.51. The van der Waals surface area contributed by atoms with Crippen LogP contribution in [0.1, 0.15) is 29.7 Å². The molecule has 0 saturated heterocycles. The first-order valence-corrected chi connectivity index (χ1v) is 3.41. The Morgan fingerprint density at radius 3 is 0.800 bits per heavy atom. The summed E-state index contributed by atoms with van der Waals surface area (Å²) in [6, 6.07) is 0. The van der Waals surface area contributed by atoms with E-state index in [4.69, 9.17) is 25.5 Å². The minimum atomic E-state index is -5.17. The molecule has 0 atom stereocenters. The van der Waals surface area contributed by atoms with Gasteiger partial charge in [-0.25, -0.2) is 0 Å². The number of rotatable bonds is 0. The molecule has 0 N–H and O–H groups in total. The molecule has 0 rings (SSSR count). The van der Waals surface area contributed by atoms with Crippen molar-refractivity contribution in [3.8, 4) is 0 Å². The summed E-state index contributed by atoms with van der Waals surface area (Å²) in [5, 5.41) is 0. The van der Waals surface area contributed by atoms with Gasteiger partial charge in [0.1, 0.15) is 0 Å². The summed E-state index contributed by atoms with van der Waals surface area (Å²) in [4.78, 5) is 0. The van der Waals surface area contributed by atoms with Gasteiger partial charge in [0, 0.05) is 10.4 Å². The molecular weight excluding hydrogens is 272 g/mol. The van der Waals surface area contributed by atoms with E-state index >= 15 is 0 Å². The minimum absolute atomic E-state index is 0. The van der Waals surface area contributed by atoms with Gasteiger partial charge in [0.05, 0.1) is 0 Å². The molecule has 0 aliphatic carbocycles. The van der Waals surface area contributed by atoms with E-state index in [-0.39, 0.29) is 118 Å². The van der Waals surface area contributed by atoms with Gasteiger partial charge in [0.15, 0.2) is 0 Å². The second kappa shape index (κ2) is 43.5. The van der Waals surface area contributed by atoms with Gasteiger partial charge in [-0.2, -0.15) is 0 Å². The Morgan fingerprint density at radius 1 is 0.800 bits per heavy atom. The van der Waals surface area contributed by atoms with Crippen molar-refractivity contribution in [1.29, 1.82) is 0 Å². The van der Waals surface area contributed by atoms with Crippen LogP contribution in [0.4, 0.5) is 0 Å². The average molecular weight is 288 g/mol. The van der Waals surface area contributed by atoms with Crippen LogP contribution in [0.5, 0.6) is 0 Å². The Bertz CT molecular complexity index is 144. The van der Waals surface area contributed by atoms with Gasteiger partial charge < -0.3 is 9.11 Å². The molecule has 0 spiro atoms. The standard InChI is InChI=1S/4CH4.Al.3Na.H2O4S.2O/c;;;;;;;;1-5(2,3)4;;/h4*1H4;;;;;(H2,1,2,3,4);;/q;;;;;3*+1;;;-1/p-2. The van der Waals surface area contributed by atoms with Gasteiger partial charge in [0.2, 0.25) is 0 Å². The molecule has 0 aromatic carbocycles. The van der Waals surface area contributed by atoms with E-state index < -0.39 is 25.9 Å². The van der Waals surface area contributed by atoms with Crippen molar-refractivity contribution in [3.63, 3.8) is 0 Å². The van der Waals surface area contributed by atoms with Crippen molar-refractivity contribution in [1.82, 2.24) is 0 Å². The van der Waals surface area contributed by atoms with Crippen LogP contribution >= 0.6 is 0 Å². The van der Waals surface area contributed by atoms with E-state index in [1.54, 1.807) is 0 Å². The Morgan fingerprint density at radius 2 is 0.800 bits per heavy atom. The van der Waals surface area contributed by atoms with Gasteiger partial charge in [0.25, 0.3) is 0 Å². The maximum atomic E-state index is 8.52. The molecule has 11 heteroatoms. The predicted molar refractivity (Wildman–Crippen MR) is 43.8 cm³/mol. The van der Waals surface area contributed by atoms with Crippen LogP contribution in [0.2, 0.25) is 0 Å². The first-order chi connectivity index (χ1) is 3.41. The monoisotopic (exact) mass is 288 g/mol. The number of hydrogen-bond acceptors (Lipinski definition) is 6. The van der Waals surface area contributed by atoms with Crippen molar-refractivity contribution in [2.75, 3.05) is 0 Å². The Labute approximate surface area is 167 Å². The van der Waals surface area contributed by atoms with Crippen molar-refractivity contribution in [3.05, 3.63) is 0 Å². The van der Waals surface area contributed by atoms with E-state index in [0.29, 0.717) is 0 Å². The van der Waals surface area contributed by atoms with E-state index in [9.17, 15) is 0 Å². The number of hydrogen-bond donors (Lipinski definition) is 0. The predicted octanol–water partition coefficient (Wildman–Crippen LogP) is -9.47. The Balaban J connectivity index is -0.00000000486. The van der Waals surface area contributed by atoms with E-state index in [0.717, 1.165) is 0 Å². The summed E-state index contributed by atoms with van der Waals surface area (Å²) >= 11 is -1.75. The van der Waals surface area contributed by atoms with Crippen molar-refractivity contribution in [2.45, 2.75) is 29.7 Å². The molecule has 0 heterocycles. The zero-order valence-corrected chi connectivity index (χ0v) is 14.4. The fourth-order valence-electron chi connectivity index (χ4n) is 0. The van der Waals surface area contributed by atoms with Crippen LogP contribution in [-0.2, 0) is 14.2 Å². The zero-order valence-electron chi connectivity index (χ0n) is 6.44. The normalized spacial score (nSPS) is 4.40. The van der Waals surface area contributed by atoms with E-state index in [1.165, 1.54) is 0 Å². The van der Waals surface area contributed by atoms with Crippen LogP contribution in [0.25, 0.3) is 0 Å². The summed E-state index contributed by atoms with van der Waals surface area (Å²) in [7, 11) is -5.17. The molecule has 6 nitrogen and oxygen atoms in total. The summed E-state index contributed by atoms with van der Waals surface area (Å²) in [6.45, 7) is 0. The topological polar surface area (TPSA) is 120 Å². The van der Waals surface area contributed by atoms with Crippen LogP contribution in [-0.4, -0.2) is 33.0 Å². The molecule has 0 aromatic rings. The molecule has 0 amide bonds. The summed E-state index contributed by atoms with van der Waals surface area (Å²) in [6.07, 6.45) is 0. The van der Waals surface area contributed by atoms with Crippen LogP contribution in [0, 0.1) is 0 Å². The van der Waals surface area contributed by atoms with E-state index in [1.807, 2.05) is 0 Å². The molecule has 0 bridgehead atoms. The molecule has 0 aromatic heterocycles. The molecule has 0 fully saturated rings. The Hall–Kier alpha value is 3.00. The molecule has 0 aliphatic rings. The fourth-order valence-corrected chi connectivity index (χ4v) is 0. The average Bonchev–Trinajstić information content (AvgIpc) is 1.27. The molecule has 15 heavy (non-hydrogen) atoms. The molecular formula is C4H16AlNa3O6S. The maximum absolute atomic E-state index is 8.52. The first kappa shape index (κ1) is 64.2. The van der Waals surface area contributed by atoms with Crippen molar-refractivity contribution in [2.24, 2.45) is 0 Å². The van der Waals surface area contributed by atoms with Gasteiger partial charge in [-0.05, 0) is 0 Å². The van der Waals surface area contributed by atoms with Gasteiger partial charge >= 0.3 is 112 Å². The Kier molecular flexibility index (Phi) is 186. The van der Waals surface area contributed by atoms with Crippen molar-refractivity contribution < 1.29 is 114 Å². The van der Waals surface area contributed by atoms with Crippen molar-refractivity contribution >= 4 is 25.9 Å². The molecule has 0 aliphatic heterocycles. The van der Waals surface area contributed by atoms with Crippen LogP contribution in [0.3, 0.4) is 0 Å². The first-order valence-electron chi connectivity index (χ1n) is 1.14. The summed E-state index contributed by atoms with van der Waals surface area (Å²) in [5.74, 6) is 0. The molecule has 0 radical (unpaired) electrons. The third kappa shape index (κ3) is 425. The third-order valence-corrected chi connectivity index (χ3v) is 0. The summed E-state index contributed by atoms with van der Waals surface area (Å²) in [5.41, 5.74) is 0. The van der Waals surface area contributed by atoms with E-state index in [2.05, 4.69) is 0 Å². The molecule has 0 saturated carbocycles. The summed E-state index contributed by atoms with van der Waals surface area (Å²) < 4.78 is 51.0. The fraction of sp³-hybridized carbons (Fsp3) is 1.00. The van der Waals surface area contributed by atoms with Gasteiger partial charge in [-0.1, -0.05) is 29.7 Å². The van der Waals surface area contributed by atoms with Gasteiger partial charge in [-0.3, -0.25) is 8.42 Å². The second-order valence-electron chi connectivity index (χ2n) is 0.504. The zero-order chi connectivity index (χ0) is 7.21. The molecule has 0 unspecified atom stereocenters. The SMILES string of the molecule is C.C.C.C.O=S(=O)([O-])[O-].[Na+].[Na+].[Na+].[O]=[Al][O-]. The van der Waals surface area contributed by atoms with Crippen LogP contribution in [0.15, 0.2) is 0 Å². The van der Waals surface area contributed by atoms with Gasteiger partial charge in [-0.15, -0.1) is 0 Å². The molecule has 80 valence electrons.